The van der Waals surface area contributed by atoms with E-state index in [9.17, 15) is 13.6 Å². The lowest BCUT2D eigenvalue weighted by atomic mass is 10.1. The molecule has 0 aliphatic rings. The number of rotatable bonds is 5. The number of alkyl halides is 2. The van der Waals surface area contributed by atoms with Crippen molar-refractivity contribution in [2.75, 3.05) is 25.4 Å². The highest BCUT2D eigenvalue weighted by Crippen LogP contribution is 2.20. The molecule has 0 bridgehead atoms. The van der Waals surface area contributed by atoms with E-state index in [1.807, 2.05) is 0 Å². The maximum absolute atomic E-state index is 12.3. The monoisotopic (exact) mass is 278 g/mol. The van der Waals surface area contributed by atoms with Crippen LogP contribution in [0.25, 0.3) is 0 Å². The fourth-order valence-corrected chi connectivity index (χ4v) is 1.64. The molecule has 0 aliphatic heterocycles. The first-order chi connectivity index (χ1) is 8.45. The van der Waals surface area contributed by atoms with E-state index in [-0.39, 0.29) is 17.8 Å². The van der Waals surface area contributed by atoms with Gasteiger partial charge in [-0.15, -0.1) is 0 Å². The van der Waals surface area contributed by atoms with E-state index in [4.69, 9.17) is 22.4 Å². The van der Waals surface area contributed by atoms with Gasteiger partial charge < -0.3 is 15.7 Å². The molecule has 0 aliphatic carbocycles. The first-order valence-corrected chi connectivity index (χ1v) is 5.56. The summed E-state index contributed by atoms with van der Waals surface area (Å²) in [5.41, 5.74) is 5.81. The lowest BCUT2D eigenvalue weighted by Gasteiger charge is -2.22. The minimum absolute atomic E-state index is 0.0912. The molecule has 0 fully saturated rings. The molecule has 1 amide bonds. The Morgan fingerprint density at radius 2 is 2.17 bits per heavy atom. The average molecular weight is 279 g/mol. The van der Waals surface area contributed by atoms with E-state index in [0.717, 1.165) is 4.90 Å². The summed E-state index contributed by atoms with van der Waals surface area (Å²) in [7, 11) is 0. The van der Waals surface area contributed by atoms with Crippen molar-refractivity contribution < 1.29 is 18.7 Å². The summed E-state index contributed by atoms with van der Waals surface area (Å²) in [6, 6.07) is 4.19. The summed E-state index contributed by atoms with van der Waals surface area (Å²) in [4.78, 5) is 12.8. The van der Waals surface area contributed by atoms with Crippen molar-refractivity contribution in [1.29, 1.82) is 0 Å². The van der Waals surface area contributed by atoms with Gasteiger partial charge in [0.25, 0.3) is 12.3 Å². The minimum Gasteiger partial charge on any atom is -0.398 e. The molecule has 0 heterocycles. The van der Waals surface area contributed by atoms with E-state index in [0.29, 0.717) is 5.02 Å². The van der Waals surface area contributed by atoms with Gasteiger partial charge in [0.1, 0.15) is 0 Å². The molecule has 3 N–H and O–H groups in total. The molecule has 18 heavy (non-hydrogen) atoms. The van der Waals surface area contributed by atoms with Gasteiger partial charge in [-0.1, -0.05) is 11.6 Å². The number of aliphatic hydroxyl groups is 1. The van der Waals surface area contributed by atoms with Crippen LogP contribution in [0.5, 0.6) is 0 Å². The van der Waals surface area contributed by atoms with Crippen LogP contribution in [0.1, 0.15) is 10.4 Å². The standard InChI is InChI=1S/C11H13ClF2N2O2/c12-7-1-2-8(9(15)5-7)11(18)16(3-4-17)6-10(13)14/h1-2,5,10,17H,3-4,6,15H2. The van der Waals surface area contributed by atoms with Crippen molar-refractivity contribution >= 4 is 23.2 Å². The number of hydrogen-bond acceptors (Lipinski definition) is 3. The Labute approximate surface area is 108 Å². The molecule has 1 aromatic rings. The van der Waals surface area contributed by atoms with Gasteiger partial charge in [0.15, 0.2) is 0 Å². The third kappa shape index (κ3) is 3.82. The quantitative estimate of drug-likeness (QED) is 0.805. The fourth-order valence-electron chi connectivity index (χ4n) is 1.46. The second kappa shape index (κ2) is 6.51. The highest BCUT2D eigenvalue weighted by molar-refractivity contribution is 6.31. The number of anilines is 1. The lowest BCUT2D eigenvalue weighted by molar-refractivity contribution is 0.0510. The maximum atomic E-state index is 12.3. The normalized spacial score (nSPS) is 10.7. The van der Waals surface area contributed by atoms with E-state index in [1.165, 1.54) is 18.2 Å². The van der Waals surface area contributed by atoms with Crippen molar-refractivity contribution in [1.82, 2.24) is 4.90 Å². The SMILES string of the molecule is Nc1cc(Cl)ccc1C(=O)N(CCO)CC(F)F. The molecule has 1 rings (SSSR count). The summed E-state index contributed by atoms with van der Waals surface area (Å²) in [5.74, 6) is -0.654. The van der Waals surface area contributed by atoms with Crippen molar-refractivity contribution in [3.63, 3.8) is 0 Å². The van der Waals surface area contributed by atoms with Crippen LogP contribution in [0, 0.1) is 0 Å². The Balaban J connectivity index is 2.94. The summed E-state index contributed by atoms with van der Waals surface area (Å²) in [6.07, 6.45) is -2.67. The van der Waals surface area contributed by atoms with Crippen LogP contribution in [0.3, 0.4) is 0 Å². The zero-order valence-corrected chi connectivity index (χ0v) is 10.2. The summed E-state index contributed by atoms with van der Waals surface area (Å²) in [5, 5.41) is 9.12. The van der Waals surface area contributed by atoms with Crippen LogP contribution in [0.2, 0.25) is 5.02 Å². The van der Waals surface area contributed by atoms with Crippen molar-refractivity contribution in [3.8, 4) is 0 Å². The van der Waals surface area contributed by atoms with Gasteiger partial charge in [0, 0.05) is 17.3 Å². The Morgan fingerprint density at radius 3 is 2.67 bits per heavy atom. The van der Waals surface area contributed by atoms with E-state index >= 15 is 0 Å². The van der Waals surface area contributed by atoms with Gasteiger partial charge in [-0.25, -0.2) is 8.78 Å². The zero-order chi connectivity index (χ0) is 13.7. The number of hydrogen-bond donors (Lipinski definition) is 2. The topological polar surface area (TPSA) is 66.6 Å². The Kier molecular flexibility index (Phi) is 5.30. The molecule has 0 saturated heterocycles. The minimum atomic E-state index is -2.67. The first-order valence-electron chi connectivity index (χ1n) is 5.19. The summed E-state index contributed by atoms with van der Waals surface area (Å²) >= 11 is 5.68. The third-order valence-electron chi connectivity index (χ3n) is 2.26. The molecule has 0 saturated carbocycles. The zero-order valence-electron chi connectivity index (χ0n) is 9.44. The number of benzene rings is 1. The fraction of sp³-hybridized carbons (Fsp3) is 0.364. The molecule has 100 valence electrons. The molecule has 0 atom stereocenters. The smallest absolute Gasteiger partial charge is 0.256 e. The first kappa shape index (κ1) is 14.7. The molecular formula is C11H13ClF2N2O2. The van der Waals surface area contributed by atoms with Gasteiger partial charge in [-0.2, -0.15) is 0 Å². The number of nitrogens with two attached hydrogens (primary N) is 1. The van der Waals surface area contributed by atoms with Crippen LogP contribution < -0.4 is 5.73 Å². The lowest BCUT2D eigenvalue weighted by Crippen LogP contribution is -2.37. The Bertz CT molecular complexity index is 430. The average Bonchev–Trinajstić information content (AvgIpc) is 2.27. The highest BCUT2D eigenvalue weighted by atomic mass is 35.5. The van der Waals surface area contributed by atoms with Gasteiger partial charge in [-0.3, -0.25) is 4.79 Å². The molecule has 0 spiro atoms. The summed E-state index contributed by atoms with van der Waals surface area (Å²) in [6.45, 7) is -1.32. The summed E-state index contributed by atoms with van der Waals surface area (Å²) < 4.78 is 24.6. The van der Waals surface area contributed by atoms with Crippen molar-refractivity contribution in [2.24, 2.45) is 0 Å². The molecule has 7 heteroatoms. The van der Waals surface area contributed by atoms with Crippen LogP contribution in [-0.4, -0.2) is 42.0 Å². The van der Waals surface area contributed by atoms with Gasteiger partial charge in [0.2, 0.25) is 0 Å². The van der Waals surface area contributed by atoms with E-state index < -0.39 is 25.5 Å². The maximum Gasteiger partial charge on any atom is 0.256 e. The van der Waals surface area contributed by atoms with Gasteiger partial charge >= 0.3 is 0 Å². The number of carbonyl (C=O) groups is 1. The van der Waals surface area contributed by atoms with Crippen LogP contribution in [0.4, 0.5) is 14.5 Å². The molecule has 4 nitrogen and oxygen atoms in total. The molecule has 0 aromatic heterocycles. The predicted molar refractivity (Wildman–Crippen MR) is 64.9 cm³/mol. The number of nitrogen functional groups attached to an aromatic ring is 1. The molecule has 0 radical (unpaired) electrons. The van der Waals surface area contributed by atoms with Crippen LogP contribution in [-0.2, 0) is 0 Å². The van der Waals surface area contributed by atoms with E-state index in [2.05, 4.69) is 0 Å². The predicted octanol–water partition coefficient (Wildman–Crippen LogP) is 1.62. The largest absolute Gasteiger partial charge is 0.398 e. The van der Waals surface area contributed by atoms with Crippen LogP contribution in [0.15, 0.2) is 18.2 Å². The second-order valence-electron chi connectivity index (χ2n) is 3.60. The van der Waals surface area contributed by atoms with Gasteiger partial charge in [0.05, 0.1) is 18.7 Å². The number of aliphatic hydroxyl groups excluding tert-OH is 1. The van der Waals surface area contributed by atoms with Gasteiger partial charge in [-0.05, 0) is 18.2 Å². The highest BCUT2D eigenvalue weighted by Gasteiger charge is 2.21. The molecule has 1 aromatic carbocycles. The molecular weight excluding hydrogens is 266 g/mol. The van der Waals surface area contributed by atoms with Crippen molar-refractivity contribution in [2.45, 2.75) is 6.43 Å². The third-order valence-corrected chi connectivity index (χ3v) is 2.49. The number of amides is 1. The Hall–Kier alpha value is -1.40. The number of halogens is 3. The van der Waals surface area contributed by atoms with Crippen molar-refractivity contribution in [3.05, 3.63) is 28.8 Å². The van der Waals surface area contributed by atoms with E-state index in [1.54, 1.807) is 0 Å². The second-order valence-corrected chi connectivity index (χ2v) is 4.03. The number of nitrogens with zero attached hydrogens (tertiary/aromatic N) is 1. The number of carbonyl (C=O) groups excluding carboxylic acids is 1. The Morgan fingerprint density at radius 1 is 1.50 bits per heavy atom. The van der Waals surface area contributed by atoms with Crippen LogP contribution >= 0.6 is 11.6 Å². The molecule has 0 unspecified atom stereocenters.